The number of carboxylic acids is 1. The molecule has 0 aliphatic rings. The average Bonchev–Trinajstić information content (AvgIpc) is 2.52. The number of hydrogen-bond donors (Lipinski definition) is 1. The Morgan fingerprint density at radius 2 is 1.74 bits per heavy atom. The first-order valence-electron chi connectivity index (χ1n) is 8.53. The minimum Gasteiger partial charge on any atom is -0.481 e. The van der Waals surface area contributed by atoms with Crippen LogP contribution in [-0.2, 0) is 14.3 Å². The first-order chi connectivity index (χ1) is 11.1. The van der Waals surface area contributed by atoms with Gasteiger partial charge in [-0.2, -0.15) is 0 Å². The first kappa shape index (κ1) is 19.2. The van der Waals surface area contributed by atoms with Gasteiger partial charge in [0.15, 0.2) is 0 Å². The number of esters is 1. The van der Waals surface area contributed by atoms with Gasteiger partial charge in [-0.25, -0.2) is 0 Å². The van der Waals surface area contributed by atoms with Crippen LogP contribution in [0.25, 0.3) is 0 Å². The molecule has 0 amide bonds. The Hall–Kier alpha value is -1.84. The van der Waals surface area contributed by atoms with Crippen molar-refractivity contribution in [1.82, 2.24) is 0 Å². The van der Waals surface area contributed by atoms with Crippen molar-refractivity contribution in [2.24, 2.45) is 0 Å². The van der Waals surface area contributed by atoms with Crippen molar-refractivity contribution in [3.63, 3.8) is 0 Å². The van der Waals surface area contributed by atoms with Crippen LogP contribution in [0.5, 0.6) is 0 Å². The summed E-state index contributed by atoms with van der Waals surface area (Å²) in [5, 5.41) is 9.09. The minimum absolute atomic E-state index is 0.0475. The molecule has 4 nitrogen and oxygen atoms in total. The maximum absolute atomic E-state index is 12.2. The highest BCUT2D eigenvalue weighted by Crippen LogP contribution is 2.25. The van der Waals surface area contributed by atoms with Crippen LogP contribution in [0.4, 0.5) is 0 Å². The number of aliphatic carboxylic acids is 1. The van der Waals surface area contributed by atoms with Crippen molar-refractivity contribution in [1.29, 1.82) is 0 Å². The fourth-order valence-corrected chi connectivity index (χ4v) is 2.70. The van der Waals surface area contributed by atoms with Crippen LogP contribution >= 0.6 is 0 Å². The summed E-state index contributed by atoms with van der Waals surface area (Å²) in [7, 11) is 0. The quantitative estimate of drug-likeness (QED) is 0.608. The van der Waals surface area contributed by atoms with Gasteiger partial charge in [0, 0.05) is 5.92 Å². The lowest BCUT2D eigenvalue weighted by Crippen LogP contribution is -2.21. The van der Waals surface area contributed by atoms with Crippen LogP contribution in [0.2, 0.25) is 0 Å². The molecule has 23 heavy (non-hydrogen) atoms. The maximum atomic E-state index is 12.2. The van der Waals surface area contributed by atoms with E-state index in [9.17, 15) is 9.59 Å². The largest absolute Gasteiger partial charge is 0.481 e. The van der Waals surface area contributed by atoms with Crippen molar-refractivity contribution >= 4 is 11.9 Å². The summed E-state index contributed by atoms with van der Waals surface area (Å²) in [5.41, 5.74) is 0.868. The summed E-state index contributed by atoms with van der Waals surface area (Å²) in [4.78, 5) is 23.3. The van der Waals surface area contributed by atoms with E-state index >= 15 is 0 Å². The molecule has 0 aliphatic carbocycles. The lowest BCUT2D eigenvalue weighted by molar-refractivity contribution is -0.150. The molecule has 4 heteroatoms. The van der Waals surface area contributed by atoms with Gasteiger partial charge in [0.05, 0.1) is 12.8 Å². The molecule has 0 spiro atoms. The van der Waals surface area contributed by atoms with Gasteiger partial charge in [0.2, 0.25) is 0 Å². The normalized spacial score (nSPS) is 13.3. The fraction of sp³-hybridized carbons (Fsp3) is 0.579. The summed E-state index contributed by atoms with van der Waals surface area (Å²) in [6, 6.07) is 9.32. The third kappa shape index (κ3) is 7.82. The van der Waals surface area contributed by atoms with E-state index in [1.165, 1.54) is 0 Å². The summed E-state index contributed by atoms with van der Waals surface area (Å²) in [6.45, 7) is 4.19. The van der Waals surface area contributed by atoms with E-state index in [-0.39, 0.29) is 30.8 Å². The van der Waals surface area contributed by atoms with Crippen molar-refractivity contribution in [3.8, 4) is 0 Å². The number of hydrogen-bond acceptors (Lipinski definition) is 3. The molecule has 0 aliphatic heterocycles. The van der Waals surface area contributed by atoms with Gasteiger partial charge >= 0.3 is 11.9 Å². The van der Waals surface area contributed by atoms with E-state index < -0.39 is 5.97 Å². The van der Waals surface area contributed by atoms with Gasteiger partial charge in [-0.3, -0.25) is 9.59 Å². The zero-order valence-electron chi connectivity index (χ0n) is 14.2. The second kappa shape index (κ2) is 10.8. The number of unbranched alkanes of at least 4 members (excludes halogenated alkanes) is 1. The zero-order chi connectivity index (χ0) is 17.1. The second-order valence-corrected chi connectivity index (χ2v) is 5.95. The predicted octanol–water partition coefficient (Wildman–Crippen LogP) is 4.54. The summed E-state index contributed by atoms with van der Waals surface area (Å²) < 4.78 is 5.59. The SMILES string of the molecule is CCCCC(CCC)OC(=O)CC(CC(=O)O)c1ccccc1. The molecule has 128 valence electrons. The highest BCUT2D eigenvalue weighted by Gasteiger charge is 2.22. The molecule has 2 atom stereocenters. The van der Waals surface area contributed by atoms with E-state index in [1.807, 2.05) is 30.3 Å². The van der Waals surface area contributed by atoms with Crippen LogP contribution in [0.3, 0.4) is 0 Å². The molecule has 0 radical (unpaired) electrons. The smallest absolute Gasteiger partial charge is 0.306 e. The van der Waals surface area contributed by atoms with Crippen LogP contribution in [0.15, 0.2) is 30.3 Å². The van der Waals surface area contributed by atoms with Crippen molar-refractivity contribution in [2.45, 2.75) is 70.8 Å². The topological polar surface area (TPSA) is 63.6 Å². The number of carbonyl (C=O) groups is 2. The van der Waals surface area contributed by atoms with Gasteiger partial charge in [-0.05, 0) is 18.4 Å². The Morgan fingerprint density at radius 3 is 2.30 bits per heavy atom. The van der Waals surface area contributed by atoms with Gasteiger partial charge in [-0.1, -0.05) is 63.4 Å². The lowest BCUT2D eigenvalue weighted by Gasteiger charge is -2.20. The molecule has 0 aromatic heterocycles. The molecule has 1 rings (SSSR count). The Balaban J connectivity index is 2.66. The molecule has 1 aromatic rings. The van der Waals surface area contributed by atoms with E-state index in [0.29, 0.717) is 0 Å². The third-order valence-electron chi connectivity index (χ3n) is 3.89. The summed E-state index contributed by atoms with van der Waals surface area (Å²) >= 11 is 0. The predicted molar refractivity (Wildman–Crippen MR) is 90.4 cm³/mol. The zero-order valence-corrected chi connectivity index (χ0v) is 14.2. The van der Waals surface area contributed by atoms with Crippen LogP contribution in [0, 0.1) is 0 Å². The highest BCUT2D eigenvalue weighted by atomic mass is 16.5. The van der Waals surface area contributed by atoms with E-state index in [4.69, 9.17) is 9.84 Å². The summed E-state index contributed by atoms with van der Waals surface area (Å²) in [6.07, 6.45) is 4.83. The Bertz CT molecular complexity index is 470. The van der Waals surface area contributed by atoms with Crippen molar-refractivity contribution in [2.75, 3.05) is 0 Å². The first-order valence-corrected chi connectivity index (χ1v) is 8.53. The standard InChI is InChI=1S/C19H28O4/c1-3-5-12-17(9-4-2)23-19(22)14-16(13-18(20)21)15-10-7-6-8-11-15/h6-8,10-11,16-17H,3-5,9,12-14H2,1-2H3,(H,20,21). The summed E-state index contributed by atoms with van der Waals surface area (Å²) in [5.74, 6) is -1.54. The van der Waals surface area contributed by atoms with Crippen molar-refractivity contribution < 1.29 is 19.4 Å². The van der Waals surface area contributed by atoms with Gasteiger partial charge in [-0.15, -0.1) is 0 Å². The van der Waals surface area contributed by atoms with E-state index in [1.54, 1.807) is 0 Å². The number of benzene rings is 1. The van der Waals surface area contributed by atoms with Crippen LogP contribution < -0.4 is 0 Å². The number of rotatable bonds is 11. The number of ether oxygens (including phenoxy) is 1. The van der Waals surface area contributed by atoms with Gasteiger partial charge in [0.25, 0.3) is 0 Å². The third-order valence-corrected chi connectivity index (χ3v) is 3.89. The second-order valence-electron chi connectivity index (χ2n) is 5.95. The number of carbonyl (C=O) groups excluding carboxylic acids is 1. The number of carboxylic acid groups (broad SMARTS) is 1. The van der Waals surface area contributed by atoms with Crippen molar-refractivity contribution in [3.05, 3.63) is 35.9 Å². The van der Waals surface area contributed by atoms with Crippen LogP contribution in [-0.4, -0.2) is 23.1 Å². The molecular weight excluding hydrogens is 292 g/mol. The molecule has 2 unspecified atom stereocenters. The van der Waals surface area contributed by atoms with Gasteiger partial charge in [0.1, 0.15) is 6.10 Å². The molecule has 0 saturated heterocycles. The monoisotopic (exact) mass is 320 g/mol. The Kier molecular flexibility index (Phi) is 9.03. The lowest BCUT2D eigenvalue weighted by atomic mass is 9.92. The van der Waals surface area contributed by atoms with Crippen LogP contribution in [0.1, 0.15) is 70.3 Å². The molecule has 0 fully saturated rings. The molecule has 0 heterocycles. The maximum Gasteiger partial charge on any atom is 0.306 e. The molecule has 1 N–H and O–H groups in total. The van der Waals surface area contributed by atoms with E-state index in [2.05, 4.69) is 13.8 Å². The molecular formula is C19H28O4. The molecule has 0 saturated carbocycles. The Morgan fingerprint density at radius 1 is 1.04 bits per heavy atom. The minimum atomic E-state index is -0.900. The van der Waals surface area contributed by atoms with E-state index in [0.717, 1.165) is 37.7 Å². The molecule has 0 bridgehead atoms. The molecule has 1 aromatic carbocycles. The Labute approximate surface area is 138 Å². The van der Waals surface area contributed by atoms with Gasteiger partial charge < -0.3 is 9.84 Å². The highest BCUT2D eigenvalue weighted by molar-refractivity contribution is 5.73. The average molecular weight is 320 g/mol. The fourth-order valence-electron chi connectivity index (χ4n) is 2.70.